The highest BCUT2D eigenvalue weighted by atomic mass is 15.3. The molecule has 1 aliphatic rings. The summed E-state index contributed by atoms with van der Waals surface area (Å²) >= 11 is 0. The predicted molar refractivity (Wildman–Crippen MR) is 83.9 cm³/mol. The fraction of sp³-hybridized carbons (Fsp3) is 1.00. The maximum Gasteiger partial charge on any atom is 0.0397 e. The average molecular weight is 269 g/mol. The van der Waals surface area contributed by atoms with Crippen LogP contribution in [0, 0.1) is 11.8 Å². The van der Waals surface area contributed by atoms with Crippen LogP contribution in [-0.2, 0) is 0 Å². The molecule has 114 valence electrons. The number of hydrazine groups is 1. The summed E-state index contributed by atoms with van der Waals surface area (Å²) in [5, 5.41) is 0. The Kier molecular flexibility index (Phi) is 6.78. The van der Waals surface area contributed by atoms with Gasteiger partial charge < -0.3 is 4.90 Å². The SMILES string of the molecule is CCCC(C)CC(NN)C1(N(C)C)CCCC(C)C1. The van der Waals surface area contributed by atoms with Crippen LogP contribution < -0.4 is 11.3 Å². The van der Waals surface area contributed by atoms with Crippen molar-refractivity contribution >= 4 is 0 Å². The van der Waals surface area contributed by atoms with Gasteiger partial charge in [0, 0.05) is 11.6 Å². The number of hydrogen-bond donors (Lipinski definition) is 2. The van der Waals surface area contributed by atoms with Crippen molar-refractivity contribution in [2.75, 3.05) is 14.1 Å². The molecule has 0 saturated heterocycles. The summed E-state index contributed by atoms with van der Waals surface area (Å²) in [6.45, 7) is 7.02. The molecule has 3 heteroatoms. The molecule has 1 aliphatic carbocycles. The Labute approximate surface area is 120 Å². The van der Waals surface area contributed by atoms with Crippen molar-refractivity contribution in [3.63, 3.8) is 0 Å². The maximum absolute atomic E-state index is 5.94. The van der Waals surface area contributed by atoms with Gasteiger partial charge in [-0.05, 0) is 45.2 Å². The highest BCUT2D eigenvalue weighted by molar-refractivity contribution is 5.01. The standard InChI is InChI=1S/C16H35N3/c1-6-8-13(2)11-15(18-17)16(19(4)5)10-7-9-14(3)12-16/h13-15,18H,6-12,17H2,1-5H3. The fourth-order valence-electron chi connectivity index (χ4n) is 4.05. The molecular weight excluding hydrogens is 234 g/mol. The quantitative estimate of drug-likeness (QED) is 0.551. The van der Waals surface area contributed by atoms with Crippen LogP contribution in [0.25, 0.3) is 0 Å². The van der Waals surface area contributed by atoms with E-state index in [0.29, 0.717) is 6.04 Å². The molecule has 1 saturated carbocycles. The summed E-state index contributed by atoms with van der Waals surface area (Å²) in [6.07, 6.45) is 9.01. The monoisotopic (exact) mass is 269 g/mol. The van der Waals surface area contributed by atoms with Gasteiger partial charge in [-0.1, -0.05) is 46.5 Å². The molecule has 0 heterocycles. The van der Waals surface area contributed by atoms with E-state index in [-0.39, 0.29) is 5.54 Å². The second-order valence-corrected chi connectivity index (χ2v) is 7.05. The Balaban J connectivity index is 2.82. The predicted octanol–water partition coefficient (Wildman–Crippen LogP) is 3.16. The van der Waals surface area contributed by atoms with E-state index in [0.717, 1.165) is 11.8 Å². The van der Waals surface area contributed by atoms with Gasteiger partial charge in [0.25, 0.3) is 0 Å². The molecule has 3 N–H and O–H groups in total. The molecule has 3 nitrogen and oxygen atoms in total. The third kappa shape index (κ3) is 4.17. The molecule has 0 spiro atoms. The van der Waals surface area contributed by atoms with Gasteiger partial charge in [-0.15, -0.1) is 0 Å². The van der Waals surface area contributed by atoms with Gasteiger partial charge in [0.15, 0.2) is 0 Å². The topological polar surface area (TPSA) is 41.3 Å². The lowest BCUT2D eigenvalue weighted by Crippen LogP contribution is -2.62. The van der Waals surface area contributed by atoms with Crippen molar-refractivity contribution in [2.45, 2.75) is 77.3 Å². The lowest BCUT2D eigenvalue weighted by Gasteiger charge is -2.50. The van der Waals surface area contributed by atoms with Crippen LogP contribution in [0.2, 0.25) is 0 Å². The maximum atomic E-state index is 5.94. The van der Waals surface area contributed by atoms with Crippen LogP contribution >= 0.6 is 0 Å². The van der Waals surface area contributed by atoms with Crippen molar-refractivity contribution in [2.24, 2.45) is 17.7 Å². The second-order valence-electron chi connectivity index (χ2n) is 7.05. The zero-order valence-corrected chi connectivity index (χ0v) is 13.7. The Morgan fingerprint density at radius 1 is 1.42 bits per heavy atom. The first kappa shape index (κ1) is 16.9. The molecule has 4 unspecified atom stereocenters. The number of hydrogen-bond acceptors (Lipinski definition) is 3. The van der Waals surface area contributed by atoms with Crippen molar-refractivity contribution in [3.05, 3.63) is 0 Å². The van der Waals surface area contributed by atoms with Crippen molar-refractivity contribution in [1.82, 2.24) is 10.3 Å². The zero-order valence-electron chi connectivity index (χ0n) is 13.7. The fourth-order valence-corrected chi connectivity index (χ4v) is 4.05. The van der Waals surface area contributed by atoms with Crippen LogP contribution in [-0.4, -0.2) is 30.6 Å². The first-order chi connectivity index (χ1) is 8.96. The van der Waals surface area contributed by atoms with E-state index in [1.807, 2.05) is 0 Å². The second kappa shape index (κ2) is 7.61. The number of nitrogens with one attached hydrogen (secondary N) is 1. The molecule has 0 amide bonds. The third-order valence-corrected chi connectivity index (χ3v) is 5.17. The van der Waals surface area contributed by atoms with Crippen LogP contribution in [0.1, 0.15) is 65.7 Å². The minimum Gasteiger partial charge on any atom is -0.302 e. The first-order valence-electron chi connectivity index (χ1n) is 8.09. The summed E-state index contributed by atoms with van der Waals surface area (Å²) in [7, 11) is 4.46. The molecule has 0 radical (unpaired) electrons. The zero-order chi connectivity index (χ0) is 14.5. The van der Waals surface area contributed by atoms with E-state index in [1.54, 1.807) is 0 Å². The van der Waals surface area contributed by atoms with Crippen LogP contribution in [0.4, 0.5) is 0 Å². The molecule has 0 aromatic carbocycles. The lowest BCUT2D eigenvalue weighted by molar-refractivity contribution is 0.0288. The van der Waals surface area contributed by atoms with E-state index in [2.05, 4.69) is 45.2 Å². The number of nitrogens with zero attached hydrogens (tertiary/aromatic N) is 1. The highest BCUT2D eigenvalue weighted by Crippen LogP contribution is 2.39. The molecule has 0 aromatic rings. The van der Waals surface area contributed by atoms with Gasteiger partial charge in [0.05, 0.1) is 0 Å². The highest BCUT2D eigenvalue weighted by Gasteiger charge is 2.43. The largest absolute Gasteiger partial charge is 0.302 e. The smallest absolute Gasteiger partial charge is 0.0397 e. The molecule has 1 rings (SSSR count). The molecular formula is C16H35N3. The Bertz CT molecular complexity index is 254. The summed E-state index contributed by atoms with van der Waals surface area (Å²) in [5.41, 5.74) is 3.41. The van der Waals surface area contributed by atoms with Gasteiger partial charge in [-0.2, -0.15) is 0 Å². The van der Waals surface area contributed by atoms with Crippen LogP contribution in [0.3, 0.4) is 0 Å². The molecule has 0 aromatic heterocycles. The number of likely N-dealkylation sites (N-methyl/N-ethyl adjacent to an activating group) is 1. The minimum atomic E-state index is 0.244. The lowest BCUT2D eigenvalue weighted by atomic mass is 9.69. The van der Waals surface area contributed by atoms with E-state index >= 15 is 0 Å². The molecule has 1 fully saturated rings. The van der Waals surface area contributed by atoms with Crippen molar-refractivity contribution in [1.29, 1.82) is 0 Å². The number of nitrogens with two attached hydrogens (primary N) is 1. The Hall–Kier alpha value is -0.120. The van der Waals surface area contributed by atoms with Gasteiger partial charge >= 0.3 is 0 Å². The third-order valence-electron chi connectivity index (χ3n) is 5.17. The molecule has 19 heavy (non-hydrogen) atoms. The van der Waals surface area contributed by atoms with Gasteiger partial charge in [-0.25, -0.2) is 0 Å². The summed E-state index contributed by atoms with van der Waals surface area (Å²) in [4.78, 5) is 2.44. The van der Waals surface area contributed by atoms with Crippen LogP contribution in [0.5, 0.6) is 0 Å². The van der Waals surface area contributed by atoms with Crippen LogP contribution in [0.15, 0.2) is 0 Å². The Morgan fingerprint density at radius 2 is 2.11 bits per heavy atom. The molecule has 0 aliphatic heterocycles. The summed E-state index contributed by atoms with van der Waals surface area (Å²) in [5.74, 6) is 7.50. The number of rotatable bonds is 7. The summed E-state index contributed by atoms with van der Waals surface area (Å²) < 4.78 is 0. The van der Waals surface area contributed by atoms with E-state index in [9.17, 15) is 0 Å². The van der Waals surface area contributed by atoms with E-state index < -0.39 is 0 Å². The average Bonchev–Trinajstić information content (AvgIpc) is 2.35. The minimum absolute atomic E-state index is 0.244. The van der Waals surface area contributed by atoms with Gasteiger partial charge in [-0.3, -0.25) is 11.3 Å². The first-order valence-corrected chi connectivity index (χ1v) is 8.09. The van der Waals surface area contributed by atoms with Crippen molar-refractivity contribution in [3.8, 4) is 0 Å². The van der Waals surface area contributed by atoms with Gasteiger partial charge in [0.1, 0.15) is 0 Å². The molecule has 4 atom stereocenters. The van der Waals surface area contributed by atoms with E-state index in [1.165, 1.54) is 44.9 Å². The van der Waals surface area contributed by atoms with Crippen molar-refractivity contribution < 1.29 is 0 Å². The summed E-state index contributed by atoms with van der Waals surface area (Å²) in [6, 6.07) is 0.409. The van der Waals surface area contributed by atoms with E-state index in [4.69, 9.17) is 5.84 Å². The normalized spacial score (nSPS) is 31.4. The Morgan fingerprint density at radius 3 is 2.58 bits per heavy atom. The van der Waals surface area contributed by atoms with Gasteiger partial charge in [0.2, 0.25) is 0 Å². The molecule has 0 bridgehead atoms.